The van der Waals surface area contributed by atoms with Crippen LogP contribution >= 0.6 is 17.0 Å². The van der Waals surface area contributed by atoms with E-state index in [1.165, 1.54) is 114 Å². The molecule has 2 aliphatic carbocycles. The molecule has 0 amide bonds. The standard InChI is InChI=1S/2C29H39.C12H9Si.2ClH.Zr/c2*1-11-19-12-13-20-14-24(29(8,9)10)18-25(20)26(19)21-15-22(27(2,3)4)17-23(16-21)28(5,6)7;1-3-7-11-9(5-1)10-6-2-4-8-12(10)13-11;;;/h2*12-18H,11H2,1-10H3;1-7H,13H2;2*1H;/q;;;;;+2/p-2. The topological polar surface area (TPSA) is 0 Å². The summed E-state index contributed by atoms with van der Waals surface area (Å²) < 4.78 is 0.876. The predicted octanol–water partition coefficient (Wildman–Crippen LogP) is 18.4. The van der Waals surface area contributed by atoms with Crippen molar-refractivity contribution in [1.82, 2.24) is 0 Å². The number of allylic oxidation sites excluding steroid dienone is 2. The molecule has 389 valence electrons. The molecule has 1 heterocycles. The van der Waals surface area contributed by atoms with Gasteiger partial charge in [-0.2, -0.15) is 0 Å². The first-order valence-corrected chi connectivity index (χ1v) is 39.8. The fourth-order valence-corrected chi connectivity index (χ4v) is 41.4. The quantitative estimate of drug-likeness (QED) is 0.140. The van der Waals surface area contributed by atoms with Gasteiger partial charge >= 0.3 is 463 Å². The van der Waals surface area contributed by atoms with E-state index >= 15 is 0 Å². The Morgan fingerprint density at radius 1 is 0.432 bits per heavy atom. The van der Waals surface area contributed by atoms with Crippen LogP contribution in [-0.4, -0.2) is 9.52 Å². The van der Waals surface area contributed by atoms with Gasteiger partial charge in [0, 0.05) is 0 Å². The SMILES string of the molecule is CCc1ccc2c(c1-c1cc(C(C)(C)C)cc(C(C)(C)C)c1)C=C(C(C)(C)C)[CH]2[Zr]([Cl])([Cl])([c]1cccc2c1[SiH2]c1ccccc1-2)[CH]1C(C(C)(C)C)=Cc2c1ccc(CC)c2-c1cc(C(C)(C)C)cc(C(C)(C)C)c1. The van der Waals surface area contributed by atoms with Crippen LogP contribution in [0, 0.1) is 10.8 Å². The first kappa shape index (κ1) is 55.2. The summed E-state index contributed by atoms with van der Waals surface area (Å²) in [4.78, 5) is 0. The molecule has 0 spiro atoms. The van der Waals surface area contributed by atoms with Gasteiger partial charge in [-0.05, 0) is 0 Å². The van der Waals surface area contributed by atoms with Crippen molar-refractivity contribution < 1.29 is 16.4 Å². The second-order valence-corrected chi connectivity index (χ2v) is 51.3. The van der Waals surface area contributed by atoms with Gasteiger partial charge in [0.25, 0.3) is 0 Å². The van der Waals surface area contributed by atoms with E-state index in [1.54, 1.807) is 0 Å². The third-order valence-corrected chi connectivity index (χ3v) is 39.9. The van der Waals surface area contributed by atoms with Crippen LogP contribution in [0.25, 0.3) is 45.5 Å². The molecule has 0 radical (unpaired) electrons. The molecule has 74 heavy (non-hydrogen) atoms. The summed E-state index contributed by atoms with van der Waals surface area (Å²) in [6.07, 6.45) is 7.06. The summed E-state index contributed by atoms with van der Waals surface area (Å²) in [5.41, 5.74) is 23.6. The molecule has 3 aliphatic rings. The molecular weight excluding hydrogens is 1030 g/mol. The van der Waals surface area contributed by atoms with Crippen molar-refractivity contribution in [1.29, 1.82) is 0 Å². The summed E-state index contributed by atoms with van der Waals surface area (Å²) in [5, 5.41) is 2.95. The van der Waals surface area contributed by atoms with Crippen molar-refractivity contribution in [2.45, 2.75) is 180 Å². The zero-order valence-corrected chi connectivity index (χ0v) is 54.4. The second kappa shape index (κ2) is 18.3. The van der Waals surface area contributed by atoms with E-state index in [4.69, 9.17) is 0 Å². The van der Waals surface area contributed by atoms with Crippen LogP contribution in [0.4, 0.5) is 0 Å². The molecule has 4 heteroatoms. The minimum absolute atomic E-state index is 0.0310. The van der Waals surface area contributed by atoms with Crippen molar-refractivity contribution in [2.24, 2.45) is 10.8 Å². The molecule has 0 fully saturated rings. The Kier molecular flexibility index (Phi) is 13.7. The average Bonchev–Trinajstić information content (AvgIpc) is 4.03. The van der Waals surface area contributed by atoms with Gasteiger partial charge in [0.15, 0.2) is 0 Å². The molecular formula is C70H87Cl2SiZr. The number of hydrogen-bond acceptors (Lipinski definition) is 0. The number of hydrogen-bond donors (Lipinski definition) is 0. The molecule has 0 N–H and O–H groups in total. The zero-order chi connectivity index (χ0) is 54.3. The molecule has 0 nitrogen and oxygen atoms in total. The van der Waals surface area contributed by atoms with Gasteiger partial charge in [-0.1, -0.05) is 0 Å². The van der Waals surface area contributed by atoms with Crippen molar-refractivity contribution in [3.63, 3.8) is 0 Å². The number of benzene rings is 6. The van der Waals surface area contributed by atoms with Crippen LogP contribution in [-0.2, 0) is 50.9 Å². The maximum absolute atomic E-state index is 9.82. The Bertz CT molecular complexity index is 3080. The monoisotopic (exact) mass is 1120 g/mol. The second-order valence-electron chi connectivity index (χ2n) is 28.9. The Morgan fingerprint density at radius 3 is 1.18 bits per heavy atom. The molecule has 2 unspecified atom stereocenters. The summed E-state index contributed by atoms with van der Waals surface area (Å²) in [5.74, 6) is 0. The summed E-state index contributed by atoms with van der Waals surface area (Å²) in [6.45, 7) is 47.4. The number of rotatable bonds is 7. The van der Waals surface area contributed by atoms with Crippen LogP contribution in [0.3, 0.4) is 0 Å². The molecule has 2 atom stereocenters. The summed E-state index contributed by atoms with van der Waals surface area (Å²) in [6, 6.07) is 41.1. The molecule has 6 aromatic rings. The van der Waals surface area contributed by atoms with Gasteiger partial charge in [-0.15, -0.1) is 0 Å². The molecule has 6 aromatic carbocycles. The maximum atomic E-state index is 9.82. The van der Waals surface area contributed by atoms with Gasteiger partial charge in [-0.3, -0.25) is 0 Å². The third-order valence-electron chi connectivity index (χ3n) is 17.4. The van der Waals surface area contributed by atoms with Gasteiger partial charge in [0.05, 0.1) is 0 Å². The van der Waals surface area contributed by atoms with Crippen LogP contribution in [0.15, 0.2) is 114 Å². The third kappa shape index (κ3) is 9.26. The number of halogens is 2. The predicted molar refractivity (Wildman–Crippen MR) is 329 cm³/mol. The first-order valence-electron chi connectivity index (χ1n) is 27.9. The Labute approximate surface area is 459 Å². The van der Waals surface area contributed by atoms with E-state index in [1.807, 2.05) is 0 Å². The van der Waals surface area contributed by atoms with E-state index in [-0.39, 0.29) is 39.7 Å². The summed E-state index contributed by atoms with van der Waals surface area (Å²) >= 11 is -5.99. The average molecular weight is 1120 g/mol. The van der Waals surface area contributed by atoms with Gasteiger partial charge in [0.1, 0.15) is 0 Å². The van der Waals surface area contributed by atoms with Crippen LogP contribution < -0.4 is 13.6 Å². The Balaban J connectivity index is 1.44. The van der Waals surface area contributed by atoms with Crippen LogP contribution in [0.2, 0.25) is 0 Å². The van der Waals surface area contributed by atoms with E-state index in [9.17, 15) is 17.0 Å². The van der Waals surface area contributed by atoms with Crippen LogP contribution in [0.5, 0.6) is 0 Å². The number of fused-ring (bicyclic) bond motifs is 5. The normalized spacial score (nSPS) is 17.9. The van der Waals surface area contributed by atoms with Gasteiger partial charge in [-0.25, -0.2) is 0 Å². The minimum atomic E-state index is -5.99. The molecule has 9 rings (SSSR count). The molecule has 0 saturated heterocycles. The number of aryl methyl sites for hydroxylation is 2. The molecule has 1 aliphatic heterocycles. The van der Waals surface area contributed by atoms with E-state index < -0.39 is 25.9 Å². The van der Waals surface area contributed by atoms with Gasteiger partial charge in [0.2, 0.25) is 0 Å². The Hall–Kier alpha value is -3.52. The van der Waals surface area contributed by atoms with Gasteiger partial charge < -0.3 is 0 Å². The van der Waals surface area contributed by atoms with Crippen molar-refractivity contribution in [3.8, 4) is 33.4 Å². The fourth-order valence-electron chi connectivity index (χ4n) is 13.1. The Morgan fingerprint density at radius 2 is 0.811 bits per heavy atom. The van der Waals surface area contributed by atoms with Crippen molar-refractivity contribution in [2.75, 3.05) is 0 Å². The zero-order valence-electron chi connectivity index (χ0n) is 49.0. The van der Waals surface area contributed by atoms with E-state index in [0.29, 0.717) is 0 Å². The van der Waals surface area contributed by atoms with E-state index in [0.717, 1.165) is 12.8 Å². The summed E-state index contributed by atoms with van der Waals surface area (Å²) in [7, 11) is 18.7. The van der Waals surface area contributed by atoms with Crippen LogP contribution in [0.1, 0.15) is 201 Å². The van der Waals surface area contributed by atoms with Crippen molar-refractivity contribution >= 4 is 52.3 Å². The van der Waals surface area contributed by atoms with Crippen molar-refractivity contribution in [3.05, 3.63) is 170 Å². The fraction of sp³-hybridized carbons (Fsp3) is 0.429. The molecule has 0 saturated carbocycles. The first-order chi connectivity index (χ1) is 34.1. The van der Waals surface area contributed by atoms with E-state index in [2.05, 4.69) is 254 Å². The molecule has 0 bridgehead atoms. The molecule has 0 aromatic heterocycles.